The van der Waals surface area contributed by atoms with E-state index in [-0.39, 0.29) is 17.7 Å². The van der Waals surface area contributed by atoms with E-state index in [9.17, 15) is 18.4 Å². The van der Waals surface area contributed by atoms with Gasteiger partial charge in [-0.2, -0.15) is 0 Å². The first-order valence-corrected chi connectivity index (χ1v) is 5.36. The monoisotopic (exact) mass is 273 g/mol. The summed E-state index contributed by atoms with van der Waals surface area (Å²) in [6.07, 6.45) is -2.69. The number of carbonyl (C=O) groups excluding carboxylic acids is 1. The van der Waals surface area contributed by atoms with Crippen molar-refractivity contribution in [1.82, 2.24) is 5.32 Å². The smallest absolute Gasteiger partial charge is 0.328 e. The van der Waals surface area contributed by atoms with Gasteiger partial charge in [-0.15, -0.1) is 0 Å². The molecule has 5 nitrogen and oxygen atoms in total. The number of carbonyl (C=O) groups is 2. The van der Waals surface area contributed by atoms with E-state index >= 15 is 0 Å². The van der Waals surface area contributed by atoms with E-state index in [1.165, 1.54) is 25.3 Å². The Morgan fingerprint density at radius 3 is 2.63 bits per heavy atom. The summed E-state index contributed by atoms with van der Waals surface area (Å²) < 4.78 is 29.6. The summed E-state index contributed by atoms with van der Waals surface area (Å²) in [6, 6.07) is 3.61. The van der Waals surface area contributed by atoms with Crippen molar-refractivity contribution in [3.8, 4) is 0 Å². The molecule has 1 aromatic carbocycles. The number of alkyl halides is 2. The van der Waals surface area contributed by atoms with Gasteiger partial charge in [0, 0.05) is 18.2 Å². The second kappa shape index (κ2) is 6.79. The van der Waals surface area contributed by atoms with Gasteiger partial charge in [-0.3, -0.25) is 4.79 Å². The molecule has 2 N–H and O–H groups in total. The zero-order valence-corrected chi connectivity index (χ0v) is 10.1. The molecule has 1 unspecified atom stereocenters. The Labute approximate surface area is 108 Å². The van der Waals surface area contributed by atoms with E-state index in [0.29, 0.717) is 0 Å². The number of amides is 1. The number of aliphatic carboxylic acids is 1. The maximum Gasteiger partial charge on any atom is 0.328 e. The van der Waals surface area contributed by atoms with Gasteiger partial charge < -0.3 is 15.2 Å². The molecule has 7 heteroatoms. The van der Waals surface area contributed by atoms with Crippen LogP contribution in [0.15, 0.2) is 24.3 Å². The van der Waals surface area contributed by atoms with Crippen LogP contribution in [0, 0.1) is 0 Å². The normalized spacial score (nSPS) is 12.2. The number of nitrogens with one attached hydrogen (secondary N) is 1. The topological polar surface area (TPSA) is 75.6 Å². The lowest BCUT2D eigenvalue weighted by atomic mass is 10.1. The van der Waals surface area contributed by atoms with E-state index < -0.39 is 24.3 Å². The lowest BCUT2D eigenvalue weighted by Crippen LogP contribution is -2.43. The largest absolute Gasteiger partial charge is 0.480 e. The van der Waals surface area contributed by atoms with Gasteiger partial charge in [0.05, 0.1) is 6.61 Å². The lowest BCUT2D eigenvalue weighted by molar-refractivity contribution is -0.140. The number of methoxy groups -OCH3 is 1. The minimum Gasteiger partial charge on any atom is -0.480 e. The number of ether oxygens (including phenoxy) is 1. The Bertz CT molecular complexity index is 465. The van der Waals surface area contributed by atoms with Gasteiger partial charge in [0.2, 0.25) is 0 Å². The molecule has 0 bridgehead atoms. The van der Waals surface area contributed by atoms with Crippen LogP contribution in [0.25, 0.3) is 0 Å². The van der Waals surface area contributed by atoms with Gasteiger partial charge in [-0.05, 0) is 12.1 Å². The molecule has 1 amide bonds. The van der Waals surface area contributed by atoms with Crippen molar-refractivity contribution in [3.63, 3.8) is 0 Å². The quantitative estimate of drug-likeness (QED) is 0.822. The summed E-state index contributed by atoms with van der Waals surface area (Å²) in [5, 5.41) is 11.0. The Hall–Kier alpha value is -2.02. The molecule has 1 rings (SSSR count). The highest BCUT2D eigenvalue weighted by atomic mass is 19.3. The summed E-state index contributed by atoms with van der Waals surface area (Å²) >= 11 is 0. The first-order chi connectivity index (χ1) is 8.95. The Kier molecular flexibility index (Phi) is 5.37. The number of rotatable bonds is 6. The predicted octanol–water partition coefficient (Wildman–Crippen LogP) is 1.45. The van der Waals surface area contributed by atoms with E-state index in [1.54, 1.807) is 0 Å². The highest BCUT2D eigenvalue weighted by Crippen LogP contribution is 2.19. The zero-order chi connectivity index (χ0) is 14.4. The van der Waals surface area contributed by atoms with Crippen LogP contribution in [0.4, 0.5) is 8.78 Å². The molecule has 0 spiro atoms. The summed E-state index contributed by atoms with van der Waals surface area (Å²) in [6.45, 7) is -0.213. The van der Waals surface area contributed by atoms with Crippen molar-refractivity contribution in [2.75, 3.05) is 13.7 Å². The predicted molar refractivity (Wildman–Crippen MR) is 62.2 cm³/mol. The molecule has 0 fully saturated rings. The van der Waals surface area contributed by atoms with Crippen LogP contribution in [-0.4, -0.2) is 36.7 Å². The van der Waals surface area contributed by atoms with Crippen molar-refractivity contribution < 1.29 is 28.2 Å². The van der Waals surface area contributed by atoms with Gasteiger partial charge in [-0.1, -0.05) is 12.1 Å². The van der Waals surface area contributed by atoms with Crippen LogP contribution in [-0.2, 0) is 9.53 Å². The van der Waals surface area contributed by atoms with Crippen molar-refractivity contribution in [3.05, 3.63) is 35.4 Å². The third kappa shape index (κ3) is 4.29. The van der Waals surface area contributed by atoms with E-state index in [0.717, 1.165) is 6.07 Å². The molecule has 0 aliphatic heterocycles. The third-order valence-corrected chi connectivity index (χ3v) is 2.34. The number of carboxylic acid groups (broad SMARTS) is 1. The van der Waals surface area contributed by atoms with Crippen molar-refractivity contribution in [2.45, 2.75) is 12.5 Å². The molecular formula is C12H13F2NO4. The van der Waals surface area contributed by atoms with Gasteiger partial charge in [0.15, 0.2) is 6.04 Å². The molecule has 0 aromatic heterocycles. The summed E-state index contributed by atoms with van der Waals surface area (Å²) in [7, 11) is 1.29. The Morgan fingerprint density at radius 2 is 2.11 bits per heavy atom. The second-order valence-corrected chi connectivity index (χ2v) is 3.75. The first-order valence-electron chi connectivity index (χ1n) is 5.36. The van der Waals surface area contributed by atoms with Crippen LogP contribution < -0.4 is 5.32 Å². The summed E-state index contributed by atoms with van der Waals surface area (Å²) in [5.74, 6) is -2.01. The minimum absolute atomic E-state index is 0.0276. The van der Waals surface area contributed by atoms with E-state index in [4.69, 9.17) is 5.11 Å². The average Bonchev–Trinajstić information content (AvgIpc) is 2.38. The standard InChI is InChI=1S/C12H13F2NO4/c1-19-6-9(12(17)18)15-11(16)8-4-2-3-7(5-8)10(13)14/h2-5,9-10H,6H2,1H3,(H,15,16)(H,17,18). The zero-order valence-electron chi connectivity index (χ0n) is 10.1. The van der Waals surface area contributed by atoms with Crippen LogP contribution in [0.1, 0.15) is 22.3 Å². The summed E-state index contributed by atoms with van der Waals surface area (Å²) in [4.78, 5) is 22.6. The lowest BCUT2D eigenvalue weighted by Gasteiger charge is -2.13. The van der Waals surface area contributed by atoms with Gasteiger partial charge in [0.25, 0.3) is 12.3 Å². The van der Waals surface area contributed by atoms with Gasteiger partial charge in [-0.25, -0.2) is 13.6 Å². The molecule has 0 aliphatic carbocycles. The molecular weight excluding hydrogens is 260 g/mol. The van der Waals surface area contributed by atoms with Crippen LogP contribution >= 0.6 is 0 Å². The van der Waals surface area contributed by atoms with E-state index in [1.807, 2.05) is 0 Å². The maximum absolute atomic E-state index is 12.5. The SMILES string of the molecule is COCC(NC(=O)c1cccc(C(F)F)c1)C(=O)O. The molecule has 1 atom stereocenters. The fourth-order valence-electron chi connectivity index (χ4n) is 1.40. The van der Waals surface area contributed by atoms with Gasteiger partial charge in [0.1, 0.15) is 0 Å². The average molecular weight is 273 g/mol. The molecule has 0 saturated carbocycles. The molecule has 1 aromatic rings. The molecule has 0 saturated heterocycles. The summed E-state index contributed by atoms with van der Waals surface area (Å²) in [5.41, 5.74) is -0.327. The fourth-order valence-corrected chi connectivity index (χ4v) is 1.40. The minimum atomic E-state index is -2.69. The third-order valence-electron chi connectivity index (χ3n) is 2.34. The molecule has 0 radical (unpaired) electrons. The van der Waals surface area contributed by atoms with Crippen LogP contribution in [0.2, 0.25) is 0 Å². The van der Waals surface area contributed by atoms with Gasteiger partial charge >= 0.3 is 5.97 Å². The Morgan fingerprint density at radius 1 is 1.42 bits per heavy atom. The number of hydrogen-bond acceptors (Lipinski definition) is 3. The number of benzene rings is 1. The van der Waals surface area contributed by atoms with Crippen LogP contribution in [0.3, 0.4) is 0 Å². The highest BCUT2D eigenvalue weighted by Gasteiger charge is 2.21. The number of carboxylic acids is 1. The number of halogens is 2. The number of hydrogen-bond donors (Lipinski definition) is 2. The Balaban J connectivity index is 2.82. The molecule has 0 heterocycles. The van der Waals surface area contributed by atoms with Crippen LogP contribution in [0.5, 0.6) is 0 Å². The first kappa shape index (κ1) is 15.0. The van der Waals surface area contributed by atoms with Crippen molar-refractivity contribution in [2.24, 2.45) is 0 Å². The van der Waals surface area contributed by atoms with Crippen molar-refractivity contribution >= 4 is 11.9 Å². The molecule has 19 heavy (non-hydrogen) atoms. The van der Waals surface area contributed by atoms with Crippen molar-refractivity contribution in [1.29, 1.82) is 0 Å². The fraction of sp³-hybridized carbons (Fsp3) is 0.333. The molecule has 0 aliphatic rings. The second-order valence-electron chi connectivity index (χ2n) is 3.75. The highest BCUT2D eigenvalue weighted by molar-refractivity contribution is 5.96. The molecule has 104 valence electrons. The maximum atomic E-state index is 12.5. The van der Waals surface area contributed by atoms with E-state index in [2.05, 4.69) is 10.1 Å².